The van der Waals surface area contributed by atoms with Crippen molar-refractivity contribution in [3.8, 4) is 0 Å². The summed E-state index contributed by atoms with van der Waals surface area (Å²) in [7, 11) is 1.81. The third-order valence-corrected chi connectivity index (χ3v) is 5.54. The molecule has 0 bridgehead atoms. The molecule has 0 aliphatic heterocycles. The van der Waals surface area contributed by atoms with E-state index in [9.17, 15) is 8.42 Å². The van der Waals surface area contributed by atoms with Gasteiger partial charge in [0.25, 0.3) is 0 Å². The molecule has 0 atom stereocenters. The normalized spacial score (nSPS) is 12.0. The average molecular weight is 348 g/mol. The molecule has 2 heterocycles. The molecule has 0 saturated carbocycles. The van der Waals surface area contributed by atoms with Gasteiger partial charge in [0.15, 0.2) is 0 Å². The lowest BCUT2D eigenvalue weighted by Crippen LogP contribution is -2.24. The molecule has 128 valence electrons. The quantitative estimate of drug-likeness (QED) is 0.721. The van der Waals surface area contributed by atoms with Crippen molar-refractivity contribution in [3.05, 3.63) is 35.8 Å². The number of hydrogen-bond donors (Lipinski definition) is 2. The van der Waals surface area contributed by atoms with Crippen LogP contribution in [0.3, 0.4) is 0 Å². The lowest BCUT2D eigenvalue weighted by molar-refractivity contribution is 0.579. The molecule has 0 unspecified atom stereocenters. The van der Waals surface area contributed by atoms with E-state index in [1.807, 2.05) is 50.0 Å². The first kappa shape index (κ1) is 16.5. The first-order valence-electron chi connectivity index (χ1n) is 7.43. The van der Waals surface area contributed by atoms with E-state index in [2.05, 4.69) is 19.9 Å². The summed E-state index contributed by atoms with van der Waals surface area (Å²) in [5.41, 5.74) is 1.57. The highest BCUT2D eigenvalue weighted by Crippen LogP contribution is 2.28. The highest BCUT2D eigenvalue weighted by Gasteiger charge is 2.24. The van der Waals surface area contributed by atoms with Crippen LogP contribution in [-0.2, 0) is 23.6 Å². The van der Waals surface area contributed by atoms with E-state index in [1.165, 1.54) is 0 Å². The first-order chi connectivity index (χ1) is 11.3. The molecule has 0 amide bonds. The second-order valence-corrected chi connectivity index (χ2v) is 7.50. The fourth-order valence-corrected chi connectivity index (χ4v) is 4.08. The average Bonchev–Trinajstić information content (AvgIpc) is 3.11. The number of nitrogens with zero attached hydrogens (tertiary/aromatic N) is 4. The summed E-state index contributed by atoms with van der Waals surface area (Å²) in [5, 5.41) is 7.45. The molecule has 1 aromatic carbocycles. The summed E-state index contributed by atoms with van der Waals surface area (Å²) in [5.74, 6) is 0.964. The number of aromatic amines is 1. The largest absolute Gasteiger partial charge is 0.347 e. The lowest BCUT2D eigenvalue weighted by Gasteiger charge is -2.06. The zero-order chi connectivity index (χ0) is 17.5. The standard InChI is InChI=1S/C15H20N6O2S/c1-10-14(11-7-5-6-8-12(11)21(10)4)24(22,23)16-9-13-17-15(19-18-13)20(2)3/h5-8,16H,9H2,1-4H3,(H,17,18,19). The molecule has 2 N–H and O–H groups in total. The van der Waals surface area contributed by atoms with Gasteiger partial charge >= 0.3 is 0 Å². The zero-order valence-electron chi connectivity index (χ0n) is 14.0. The van der Waals surface area contributed by atoms with E-state index in [4.69, 9.17) is 0 Å². The molecule has 0 saturated heterocycles. The van der Waals surface area contributed by atoms with E-state index in [0.29, 0.717) is 27.7 Å². The van der Waals surface area contributed by atoms with Gasteiger partial charge in [0.2, 0.25) is 16.0 Å². The van der Waals surface area contributed by atoms with Gasteiger partial charge in [-0.25, -0.2) is 13.1 Å². The van der Waals surface area contributed by atoms with Crippen molar-refractivity contribution in [2.24, 2.45) is 7.05 Å². The number of sulfonamides is 1. The minimum Gasteiger partial charge on any atom is -0.347 e. The number of para-hydroxylation sites is 1. The molecule has 0 fully saturated rings. The fourth-order valence-electron chi connectivity index (χ4n) is 2.63. The van der Waals surface area contributed by atoms with Gasteiger partial charge in [-0.05, 0) is 13.0 Å². The zero-order valence-corrected chi connectivity index (χ0v) is 14.8. The molecule has 24 heavy (non-hydrogen) atoms. The van der Waals surface area contributed by atoms with Crippen molar-refractivity contribution in [3.63, 3.8) is 0 Å². The van der Waals surface area contributed by atoms with Crippen molar-refractivity contribution >= 4 is 26.9 Å². The van der Waals surface area contributed by atoms with Crippen molar-refractivity contribution in [2.75, 3.05) is 19.0 Å². The third-order valence-electron chi connectivity index (χ3n) is 3.96. The number of benzene rings is 1. The number of rotatable bonds is 5. The molecule has 0 spiro atoms. The Bertz CT molecular complexity index is 987. The lowest BCUT2D eigenvalue weighted by atomic mass is 10.2. The van der Waals surface area contributed by atoms with Crippen LogP contribution in [0.4, 0.5) is 5.95 Å². The van der Waals surface area contributed by atoms with Crippen molar-refractivity contribution in [1.29, 1.82) is 0 Å². The summed E-state index contributed by atoms with van der Waals surface area (Å²) < 4.78 is 30.1. The first-order valence-corrected chi connectivity index (χ1v) is 8.92. The maximum atomic E-state index is 12.8. The van der Waals surface area contributed by atoms with E-state index in [0.717, 1.165) is 5.52 Å². The number of aryl methyl sites for hydroxylation is 1. The topological polar surface area (TPSA) is 95.9 Å². The molecule has 2 aromatic heterocycles. The Morgan fingerprint density at radius 2 is 2.00 bits per heavy atom. The molecular weight excluding hydrogens is 328 g/mol. The predicted molar refractivity (Wildman–Crippen MR) is 92.4 cm³/mol. The minimum atomic E-state index is -3.68. The van der Waals surface area contributed by atoms with Crippen LogP contribution >= 0.6 is 0 Å². The van der Waals surface area contributed by atoms with Gasteiger partial charge in [-0.3, -0.25) is 5.10 Å². The second-order valence-electron chi connectivity index (χ2n) is 5.79. The number of H-pyrrole nitrogens is 1. The van der Waals surface area contributed by atoms with Gasteiger partial charge in [0.1, 0.15) is 10.7 Å². The van der Waals surface area contributed by atoms with Crippen LogP contribution in [0.15, 0.2) is 29.2 Å². The van der Waals surface area contributed by atoms with Gasteiger partial charge in [-0.2, -0.15) is 4.98 Å². The number of aromatic nitrogens is 4. The molecule has 0 aliphatic rings. The molecule has 0 aliphatic carbocycles. The van der Waals surface area contributed by atoms with Crippen molar-refractivity contribution < 1.29 is 8.42 Å². The monoisotopic (exact) mass is 348 g/mol. The number of hydrogen-bond acceptors (Lipinski definition) is 5. The van der Waals surface area contributed by atoms with E-state index in [1.54, 1.807) is 11.8 Å². The molecule has 8 nitrogen and oxygen atoms in total. The Morgan fingerprint density at radius 1 is 1.29 bits per heavy atom. The third kappa shape index (κ3) is 2.76. The maximum Gasteiger partial charge on any atom is 0.244 e. The van der Waals surface area contributed by atoms with Crippen LogP contribution < -0.4 is 9.62 Å². The van der Waals surface area contributed by atoms with Gasteiger partial charge < -0.3 is 9.47 Å². The Kier molecular flexibility index (Phi) is 4.06. The highest BCUT2D eigenvalue weighted by molar-refractivity contribution is 7.89. The van der Waals surface area contributed by atoms with Crippen LogP contribution in [0.2, 0.25) is 0 Å². The SMILES string of the molecule is Cc1c(S(=O)(=O)NCc2nc(N(C)C)n[nH]2)c2ccccc2n1C. The molecule has 3 rings (SSSR count). The Hall–Kier alpha value is -2.39. The summed E-state index contributed by atoms with van der Waals surface area (Å²) in [6.07, 6.45) is 0. The van der Waals surface area contributed by atoms with Crippen LogP contribution in [-0.4, -0.2) is 42.3 Å². The summed E-state index contributed by atoms with van der Waals surface area (Å²) >= 11 is 0. The molecular formula is C15H20N6O2S. The second kappa shape index (κ2) is 5.91. The van der Waals surface area contributed by atoms with Crippen LogP contribution in [0.5, 0.6) is 0 Å². The maximum absolute atomic E-state index is 12.8. The van der Waals surface area contributed by atoms with Crippen LogP contribution in [0.1, 0.15) is 11.5 Å². The fraction of sp³-hybridized carbons (Fsp3) is 0.333. The van der Waals surface area contributed by atoms with Gasteiger partial charge in [-0.1, -0.05) is 18.2 Å². The Labute approximate surface area is 140 Å². The summed E-state index contributed by atoms with van der Waals surface area (Å²) in [6.45, 7) is 1.85. The van der Waals surface area contributed by atoms with Gasteiger partial charge in [0, 0.05) is 37.7 Å². The highest BCUT2D eigenvalue weighted by atomic mass is 32.2. The summed E-state index contributed by atoms with van der Waals surface area (Å²) in [4.78, 5) is 6.26. The van der Waals surface area contributed by atoms with Crippen molar-refractivity contribution in [2.45, 2.75) is 18.4 Å². The van der Waals surface area contributed by atoms with E-state index < -0.39 is 10.0 Å². The van der Waals surface area contributed by atoms with Crippen LogP contribution in [0.25, 0.3) is 10.9 Å². The molecule has 0 radical (unpaired) electrons. The van der Waals surface area contributed by atoms with Gasteiger partial charge in [0.05, 0.1) is 6.54 Å². The summed E-state index contributed by atoms with van der Waals surface area (Å²) in [6, 6.07) is 7.44. The number of fused-ring (bicyclic) bond motifs is 1. The van der Waals surface area contributed by atoms with Gasteiger partial charge in [-0.15, -0.1) is 5.10 Å². The predicted octanol–water partition coefficient (Wildman–Crippen LogP) is 1.15. The van der Waals surface area contributed by atoms with E-state index in [-0.39, 0.29) is 6.54 Å². The Morgan fingerprint density at radius 3 is 2.67 bits per heavy atom. The van der Waals surface area contributed by atoms with Crippen molar-refractivity contribution in [1.82, 2.24) is 24.5 Å². The smallest absolute Gasteiger partial charge is 0.244 e. The van der Waals surface area contributed by atoms with E-state index >= 15 is 0 Å². The molecule has 9 heteroatoms. The number of nitrogens with one attached hydrogen (secondary N) is 2. The molecule has 3 aromatic rings. The Balaban J connectivity index is 1.92. The minimum absolute atomic E-state index is 0.0475. The number of anilines is 1. The van der Waals surface area contributed by atoms with Crippen LogP contribution in [0, 0.1) is 6.92 Å².